The molecule has 4 nitrogen and oxygen atoms in total. The number of nitrogens with one attached hydrogen (secondary N) is 1. The third-order valence-corrected chi connectivity index (χ3v) is 2.37. The van der Waals surface area contributed by atoms with Crippen molar-refractivity contribution in [3.8, 4) is 11.5 Å². The quantitative estimate of drug-likeness (QED) is 0.793. The summed E-state index contributed by atoms with van der Waals surface area (Å²) in [5.41, 5.74) is 1.38. The maximum absolute atomic E-state index is 11.9. The molecule has 0 unspecified atom stereocenters. The van der Waals surface area contributed by atoms with Crippen LogP contribution in [-0.4, -0.2) is 26.7 Å². The lowest BCUT2D eigenvalue weighted by molar-refractivity contribution is 0.0954. The topological polar surface area (TPSA) is 47.6 Å². The minimum absolute atomic E-state index is 0.208. The van der Waals surface area contributed by atoms with Crippen molar-refractivity contribution in [1.29, 1.82) is 0 Å². The number of ether oxygens (including phenoxy) is 2. The number of amides is 1. The van der Waals surface area contributed by atoms with Crippen LogP contribution in [0.1, 0.15) is 15.9 Å². The van der Waals surface area contributed by atoms with Gasteiger partial charge in [-0.3, -0.25) is 4.79 Å². The van der Waals surface area contributed by atoms with Gasteiger partial charge in [0.2, 0.25) is 0 Å². The van der Waals surface area contributed by atoms with E-state index in [1.165, 1.54) is 7.11 Å². The summed E-state index contributed by atoms with van der Waals surface area (Å²) in [5, 5.41) is 2.70. The van der Waals surface area contributed by atoms with E-state index in [0.29, 0.717) is 23.6 Å². The second kappa shape index (κ2) is 5.94. The number of carbonyl (C=O) groups excluding carboxylic acids is 1. The van der Waals surface area contributed by atoms with E-state index in [2.05, 4.69) is 11.9 Å². The molecule has 17 heavy (non-hydrogen) atoms. The normalized spacial score (nSPS) is 9.59. The molecule has 1 amide bonds. The van der Waals surface area contributed by atoms with Crippen LogP contribution in [0, 0.1) is 6.92 Å². The average molecular weight is 235 g/mol. The molecule has 0 saturated carbocycles. The summed E-state index contributed by atoms with van der Waals surface area (Å²) in [6.45, 7) is 5.86. The van der Waals surface area contributed by atoms with Crippen LogP contribution >= 0.6 is 0 Å². The maximum atomic E-state index is 11.9. The third kappa shape index (κ3) is 3.00. The number of methoxy groups -OCH3 is 2. The number of benzene rings is 1. The summed E-state index contributed by atoms with van der Waals surface area (Å²) >= 11 is 0. The van der Waals surface area contributed by atoms with Gasteiger partial charge in [0.15, 0.2) is 0 Å². The molecule has 0 aliphatic heterocycles. The van der Waals surface area contributed by atoms with Crippen molar-refractivity contribution in [2.45, 2.75) is 6.92 Å². The van der Waals surface area contributed by atoms with Gasteiger partial charge in [0, 0.05) is 6.54 Å². The fourth-order valence-corrected chi connectivity index (χ4v) is 1.49. The van der Waals surface area contributed by atoms with Crippen molar-refractivity contribution >= 4 is 5.91 Å². The van der Waals surface area contributed by atoms with E-state index in [0.717, 1.165) is 5.56 Å². The van der Waals surface area contributed by atoms with Gasteiger partial charge in [-0.1, -0.05) is 6.08 Å². The fraction of sp³-hybridized carbons (Fsp3) is 0.308. The van der Waals surface area contributed by atoms with Crippen molar-refractivity contribution in [3.05, 3.63) is 35.9 Å². The Kier molecular flexibility index (Phi) is 4.57. The lowest BCUT2D eigenvalue weighted by atomic mass is 10.1. The molecule has 0 heterocycles. The predicted molar refractivity (Wildman–Crippen MR) is 66.8 cm³/mol. The molecule has 1 aromatic rings. The van der Waals surface area contributed by atoms with E-state index in [1.807, 2.05) is 6.92 Å². The van der Waals surface area contributed by atoms with E-state index < -0.39 is 0 Å². The van der Waals surface area contributed by atoms with Gasteiger partial charge >= 0.3 is 0 Å². The van der Waals surface area contributed by atoms with Crippen LogP contribution in [0.3, 0.4) is 0 Å². The lowest BCUT2D eigenvalue weighted by Gasteiger charge is -2.12. The summed E-state index contributed by atoms with van der Waals surface area (Å²) in [6, 6.07) is 3.45. The lowest BCUT2D eigenvalue weighted by Crippen LogP contribution is -2.23. The van der Waals surface area contributed by atoms with Gasteiger partial charge in [-0.25, -0.2) is 0 Å². The Bertz CT molecular complexity index is 427. The summed E-state index contributed by atoms with van der Waals surface area (Å²) in [7, 11) is 3.10. The van der Waals surface area contributed by atoms with E-state index in [9.17, 15) is 4.79 Å². The minimum atomic E-state index is -0.208. The van der Waals surface area contributed by atoms with Crippen LogP contribution in [-0.2, 0) is 0 Å². The highest BCUT2D eigenvalue weighted by Gasteiger charge is 2.14. The molecule has 0 atom stereocenters. The largest absolute Gasteiger partial charge is 0.496 e. The van der Waals surface area contributed by atoms with Crippen molar-refractivity contribution in [2.75, 3.05) is 20.8 Å². The van der Waals surface area contributed by atoms with E-state index >= 15 is 0 Å². The molecule has 0 aliphatic rings. The molecular formula is C13H17NO3. The zero-order valence-electron chi connectivity index (χ0n) is 10.4. The van der Waals surface area contributed by atoms with Crippen LogP contribution in [0.5, 0.6) is 11.5 Å². The summed E-state index contributed by atoms with van der Waals surface area (Å²) in [4.78, 5) is 11.9. The van der Waals surface area contributed by atoms with Crippen LogP contribution in [0.4, 0.5) is 0 Å². The fourth-order valence-electron chi connectivity index (χ4n) is 1.49. The predicted octanol–water partition coefficient (Wildman–Crippen LogP) is 1.93. The van der Waals surface area contributed by atoms with E-state index in [4.69, 9.17) is 9.47 Å². The monoisotopic (exact) mass is 235 g/mol. The first-order valence-electron chi connectivity index (χ1n) is 5.25. The molecule has 0 aliphatic carbocycles. The molecule has 0 fully saturated rings. The molecule has 1 N–H and O–H groups in total. The summed E-state index contributed by atoms with van der Waals surface area (Å²) in [6.07, 6.45) is 1.62. The van der Waals surface area contributed by atoms with Crippen molar-refractivity contribution in [2.24, 2.45) is 0 Å². The van der Waals surface area contributed by atoms with E-state index in [1.54, 1.807) is 25.3 Å². The highest BCUT2D eigenvalue weighted by Crippen LogP contribution is 2.28. The third-order valence-electron chi connectivity index (χ3n) is 2.37. The van der Waals surface area contributed by atoms with Gasteiger partial charge in [-0.15, -0.1) is 6.58 Å². The van der Waals surface area contributed by atoms with Gasteiger partial charge in [-0.05, 0) is 24.6 Å². The Hall–Kier alpha value is -1.97. The molecule has 4 heteroatoms. The Morgan fingerprint density at radius 1 is 1.35 bits per heavy atom. The van der Waals surface area contributed by atoms with Gasteiger partial charge in [0.05, 0.1) is 19.8 Å². The number of hydrogen-bond acceptors (Lipinski definition) is 3. The zero-order chi connectivity index (χ0) is 12.8. The second-order valence-electron chi connectivity index (χ2n) is 3.52. The standard InChI is InChI=1S/C13H17NO3/c1-5-6-14-13(15)10-8-11(16-3)9(2)7-12(10)17-4/h5,7-8H,1,6H2,2-4H3,(H,14,15). The number of aryl methyl sites for hydroxylation is 1. The Morgan fingerprint density at radius 3 is 2.53 bits per heavy atom. The first-order valence-corrected chi connectivity index (χ1v) is 5.25. The molecule has 0 bridgehead atoms. The van der Waals surface area contributed by atoms with Gasteiger partial charge in [0.25, 0.3) is 5.91 Å². The minimum Gasteiger partial charge on any atom is -0.496 e. The Labute approximate surface area is 101 Å². The van der Waals surface area contributed by atoms with E-state index in [-0.39, 0.29) is 5.91 Å². The zero-order valence-corrected chi connectivity index (χ0v) is 10.4. The van der Waals surface area contributed by atoms with Crippen LogP contribution in [0.2, 0.25) is 0 Å². The summed E-state index contributed by atoms with van der Waals surface area (Å²) < 4.78 is 10.4. The molecule has 1 aromatic carbocycles. The van der Waals surface area contributed by atoms with Crippen molar-refractivity contribution in [3.63, 3.8) is 0 Å². The first-order chi connectivity index (χ1) is 8.13. The van der Waals surface area contributed by atoms with Gasteiger partial charge in [-0.2, -0.15) is 0 Å². The molecular weight excluding hydrogens is 218 g/mol. The molecule has 92 valence electrons. The Balaban J connectivity index is 3.11. The molecule has 0 saturated heterocycles. The molecule has 0 radical (unpaired) electrons. The van der Waals surface area contributed by atoms with Crippen molar-refractivity contribution < 1.29 is 14.3 Å². The first kappa shape index (κ1) is 13.1. The highest BCUT2D eigenvalue weighted by atomic mass is 16.5. The SMILES string of the molecule is C=CCNC(=O)c1cc(OC)c(C)cc1OC. The molecule has 0 spiro atoms. The van der Waals surface area contributed by atoms with Gasteiger partial charge in [0.1, 0.15) is 11.5 Å². The molecule has 1 rings (SSSR count). The second-order valence-corrected chi connectivity index (χ2v) is 3.52. The smallest absolute Gasteiger partial charge is 0.255 e. The van der Waals surface area contributed by atoms with Crippen molar-refractivity contribution in [1.82, 2.24) is 5.32 Å². The number of hydrogen-bond donors (Lipinski definition) is 1. The summed E-state index contributed by atoms with van der Waals surface area (Å²) in [5.74, 6) is 0.986. The van der Waals surface area contributed by atoms with Crippen LogP contribution in [0.15, 0.2) is 24.8 Å². The highest BCUT2D eigenvalue weighted by molar-refractivity contribution is 5.97. The average Bonchev–Trinajstić information content (AvgIpc) is 2.35. The molecule has 0 aromatic heterocycles. The number of carbonyl (C=O) groups is 1. The maximum Gasteiger partial charge on any atom is 0.255 e. The Morgan fingerprint density at radius 2 is 2.00 bits per heavy atom. The van der Waals surface area contributed by atoms with Crippen LogP contribution < -0.4 is 14.8 Å². The van der Waals surface area contributed by atoms with Crippen LogP contribution in [0.25, 0.3) is 0 Å². The number of rotatable bonds is 5. The van der Waals surface area contributed by atoms with Gasteiger partial charge < -0.3 is 14.8 Å².